The molecular formula is C23H26N4O7S. The number of nitro benzene ring substituents is 1. The summed E-state index contributed by atoms with van der Waals surface area (Å²) < 4.78 is 26.8. The smallest absolute Gasteiger partial charge is 0.269 e. The van der Waals surface area contributed by atoms with E-state index in [9.17, 15) is 32.9 Å². The van der Waals surface area contributed by atoms with E-state index >= 15 is 0 Å². The van der Waals surface area contributed by atoms with Gasteiger partial charge in [0.2, 0.25) is 21.8 Å². The van der Waals surface area contributed by atoms with Crippen LogP contribution in [0.4, 0.5) is 5.69 Å². The Morgan fingerprint density at radius 3 is 2.51 bits per heavy atom. The van der Waals surface area contributed by atoms with Crippen molar-refractivity contribution in [2.75, 3.05) is 13.6 Å². The first-order chi connectivity index (χ1) is 16.7. The van der Waals surface area contributed by atoms with Crippen LogP contribution in [0, 0.1) is 10.1 Å². The maximum atomic E-state index is 13.1. The highest BCUT2D eigenvalue weighted by atomic mass is 32.2. The maximum Gasteiger partial charge on any atom is 0.269 e. The molecule has 1 unspecified atom stereocenters. The molecular weight excluding hydrogens is 476 g/mol. The Kier molecular flexibility index (Phi) is 8.30. The molecule has 0 saturated heterocycles. The van der Waals surface area contributed by atoms with Crippen LogP contribution < -0.4 is 10.0 Å². The number of non-ortho nitro benzene ring substituents is 1. The second-order valence-corrected chi connectivity index (χ2v) is 9.83. The van der Waals surface area contributed by atoms with Gasteiger partial charge in [-0.2, -0.15) is 0 Å². The minimum Gasteiger partial charge on any atom is -0.357 e. The molecule has 0 saturated carbocycles. The molecule has 12 heteroatoms. The van der Waals surface area contributed by atoms with Crippen molar-refractivity contribution in [3.8, 4) is 0 Å². The average Bonchev–Trinajstić information content (AvgIpc) is 2.85. The molecule has 0 radical (unpaired) electrons. The van der Waals surface area contributed by atoms with Crippen LogP contribution >= 0.6 is 0 Å². The molecule has 0 aliphatic carbocycles. The lowest BCUT2D eigenvalue weighted by molar-refractivity contribution is -0.385. The Labute approximate surface area is 202 Å². The summed E-state index contributed by atoms with van der Waals surface area (Å²) in [6.07, 6.45) is 1.34. The van der Waals surface area contributed by atoms with Gasteiger partial charge in [-0.1, -0.05) is 18.2 Å². The molecule has 1 aliphatic rings. The minimum atomic E-state index is -3.73. The molecule has 2 aromatic carbocycles. The molecule has 35 heavy (non-hydrogen) atoms. The van der Waals surface area contributed by atoms with Gasteiger partial charge in [0.1, 0.15) is 12.3 Å². The summed E-state index contributed by atoms with van der Waals surface area (Å²) in [5, 5.41) is 13.7. The number of benzene rings is 2. The van der Waals surface area contributed by atoms with Crippen molar-refractivity contribution in [2.45, 2.75) is 43.2 Å². The molecule has 11 nitrogen and oxygen atoms in total. The lowest BCUT2D eigenvalue weighted by Crippen LogP contribution is -2.52. The molecule has 0 aromatic heterocycles. The number of hydrogen-bond donors (Lipinski definition) is 2. The summed E-state index contributed by atoms with van der Waals surface area (Å²) >= 11 is 0. The molecule has 2 aromatic rings. The second-order valence-electron chi connectivity index (χ2n) is 8.06. The van der Waals surface area contributed by atoms with Crippen molar-refractivity contribution in [1.82, 2.24) is 14.9 Å². The van der Waals surface area contributed by atoms with Gasteiger partial charge in [-0.3, -0.25) is 19.7 Å². The quantitative estimate of drug-likeness (QED) is 0.213. The number of likely N-dealkylation sites (N-methyl/N-ethyl adjacent to an activating group) is 1. The van der Waals surface area contributed by atoms with Gasteiger partial charge in [-0.05, 0) is 35.2 Å². The van der Waals surface area contributed by atoms with E-state index in [1.54, 1.807) is 18.2 Å². The molecule has 1 atom stereocenters. The topological polar surface area (TPSA) is 156 Å². The van der Waals surface area contributed by atoms with E-state index in [1.807, 2.05) is 0 Å². The molecule has 186 valence electrons. The van der Waals surface area contributed by atoms with Crippen LogP contribution in [0.5, 0.6) is 0 Å². The Bertz CT molecular complexity index is 1230. The summed E-state index contributed by atoms with van der Waals surface area (Å²) in [4.78, 5) is 48.0. The van der Waals surface area contributed by atoms with E-state index in [4.69, 9.17) is 0 Å². The van der Waals surface area contributed by atoms with Crippen LogP contribution in [0.25, 0.3) is 0 Å². The van der Waals surface area contributed by atoms with Crippen molar-refractivity contribution in [3.05, 3.63) is 69.3 Å². The largest absolute Gasteiger partial charge is 0.357 e. The van der Waals surface area contributed by atoms with E-state index in [-0.39, 0.29) is 54.7 Å². The number of nitrogens with zero attached hydrogens (tertiary/aromatic N) is 2. The molecule has 2 N–H and O–H groups in total. The lowest BCUT2D eigenvalue weighted by atomic mass is 9.92. The predicted octanol–water partition coefficient (Wildman–Crippen LogP) is 1.09. The number of carbonyl (C=O) groups excluding carboxylic acids is 3. The third kappa shape index (κ3) is 6.28. The van der Waals surface area contributed by atoms with Crippen LogP contribution in [-0.4, -0.2) is 56.0 Å². The SMILES string of the molecule is CNC(=O)C1Cc2ccc([N+](=O)[O-])cc2CN1C(=O)CCc1ccc(S(=O)(=O)NCCC=O)cc1. The second kappa shape index (κ2) is 11.2. The van der Waals surface area contributed by atoms with Gasteiger partial charge in [-0.15, -0.1) is 0 Å². The summed E-state index contributed by atoms with van der Waals surface area (Å²) in [5.41, 5.74) is 2.07. The zero-order chi connectivity index (χ0) is 25.6. The summed E-state index contributed by atoms with van der Waals surface area (Å²) in [5.74, 6) is -0.609. The van der Waals surface area contributed by atoms with Crippen molar-refractivity contribution < 1.29 is 27.7 Å². The minimum absolute atomic E-state index is 0.0106. The van der Waals surface area contributed by atoms with Gasteiger partial charge in [0.25, 0.3) is 5.69 Å². The van der Waals surface area contributed by atoms with Crippen LogP contribution in [-0.2, 0) is 43.8 Å². The molecule has 3 rings (SSSR count). The Morgan fingerprint density at radius 2 is 1.89 bits per heavy atom. The fourth-order valence-corrected chi connectivity index (χ4v) is 4.96. The fraction of sp³-hybridized carbons (Fsp3) is 0.348. The number of amides is 2. The third-order valence-corrected chi connectivity index (χ3v) is 7.29. The standard InChI is InChI=1S/C23H26N4O7S/c1-24-23(30)21-14-17-6-7-19(27(31)32)13-18(17)15-26(21)22(29)10-5-16-3-8-20(9-4-16)35(33,34)25-11-2-12-28/h3-4,6-9,12-13,21,25H,2,5,10-11,14-15H2,1H3,(H,24,30). The monoisotopic (exact) mass is 502 g/mol. The zero-order valence-corrected chi connectivity index (χ0v) is 19.9. The molecule has 2 amide bonds. The van der Waals surface area contributed by atoms with Gasteiger partial charge >= 0.3 is 0 Å². The number of carbonyl (C=O) groups is 3. The van der Waals surface area contributed by atoms with Crippen molar-refractivity contribution in [2.24, 2.45) is 0 Å². The molecule has 0 fully saturated rings. The van der Waals surface area contributed by atoms with Crippen LogP contribution in [0.1, 0.15) is 29.5 Å². The Morgan fingerprint density at radius 1 is 1.17 bits per heavy atom. The van der Waals surface area contributed by atoms with Crippen molar-refractivity contribution in [1.29, 1.82) is 0 Å². The first-order valence-electron chi connectivity index (χ1n) is 11.0. The van der Waals surface area contributed by atoms with Crippen molar-refractivity contribution >= 4 is 33.8 Å². The Hall–Kier alpha value is -3.64. The maximum absolute atomic E-state index is 13.1. The van der Waals surface area contributed by atoms with Gasteiger partial charge in [-0.25, -0.2) is 13.1 Å². The number of hydrogen-bond acceptors (Lipinski definition) is 7. The highest BCUT2D eigenvalue weighted by molar-refractivity contribution is 7.89. The van der Waals surface area contributed by atoms with E-state index in [2.05, 4.69) is 10.0 Å². The average molecular weight is 503 g/mol. The number of rotatable bonds is 10. The summed E-state index contributed by atoms with van der Waals surface area (Å²) in [6.45, 7) is 0.0916. The van der Waals surface area contributed by atoms with E-state index in [1.165, 1.54) is 36.2 Å². The number of nitro groups is 1. The molecule has 1 aliphatic heterocycles. The fourth-order valence-electron chi connectivity index (χ4n) is 3.91. The van der Waals surface area contributed by atoms with E-state index in [0.29, 0.717) is 18.3 Å². The highest BCUT2D eigenvalue weighted by Crippen LogP contribution is 2.28. The summed E-state index contributed by atoms with van der Waals surface area (Å²) in [6, 6.07) is 9.76. The van der Waals surface area contributed by atoms with Gasteiger partial charge < -0.3 is 15.0 Å². The van der Waals surface area contributed by atoms with Crippen molar-refractivity contribution in [3.63, 3.8) is 0 Å². The number of sulfonamides is 1. The Balaban J connectivity index is 1.70. The predicted molar refractivity (Wildman–Crippen MR) is 126 cm³/mol. The van der Waals surface area contributed by atoms with Crippen LogP contribution in [0.3, 0.4) is 0 Å². The molecule has 0 spiro atoms. The van der Waals surface area contributed by atoms with Gasteiger partial charge in [0.15, 0.2) is 0 Å². The zero-order valence-electron chi connectivity index (χ0n) is 19.1. The van der Waals surface area contributed by atoms with E-state index in [0.717, 1.165) is 11.1 Å². The number of aryl methyl sites for hydroxylation is 1. The summed E-state index contributed by atoms with van der Waals surface area (Å²) in [7, 11) is -2.25. The first kappa shape index (κ1) is 26.0. The van der Waals surface area contributed by atoms with E-state index < -0.39 is 21.0 Å². The van der Waals surface area contributed by atoms with Crippen LogP contribution in [0.15, 0.2) is 47.4 Å². The first-order valence-corrected chi connectivity index (χ1v) is 12.4. The number of nitrogens with one attached hydrogen (secondary N) is 2. The highest BCUT2D eigenvalue weighted by Gasteiger charge is 2.34. The molecule has 1 heterocycles. The third-order valence-electron chi connectivity index (χ3n) is 5.82. The van der Waals surface area contributed by atoms with Crippen LogP contribution in [0.2, 0.25) is 0 Å². The van der Waals surface area contributed by atoms with Gasteiger partial charge in [0.05, 0.1) is 9.82 Å². The molecule has 0 bridgehead atoms. The lowest BCUT2D eigenvalue weighted by Gasteiger charge is -2.35. The number of fused-ring (bicyclic) bond motifs is 1. The normalized spacial score (nSPS) is 15.2. The van der Waals surface area contributed by atoms with Gasteiger partial charge in [0, 0.05) is 51.5 Å². The number of aldehydes is 1.